The van der Waals surface area contributed by atoms with Crippen LogP contribution in [0.25, 0.3) is 21.1 Å². The molecule has 2 aromatic heterocycles. The summed E-state index contributed by atoms with van der Waals surface area (Å²) in [4.78, 5) is 19.2. The van der Waals surface area contributed by atoms with Crippen molar-refractivity contribution in [3.05, 3.63) is 47.8 Å². The van der Waals surface area contributed by atoms with Crippen LogP contribution in [-0.4, -0.2) is 57.5 Å². The van der Waals surface area contributed by atoms with Crippen molar-refractivity contribution in [3.63, 3.8) is 0 Å². The number of carboxylic acid groups (broad SMARTS) is 1. The van der Waals surface area contributed by atoms with Crippen LogP contribution < -0.4 is 0 Å². The van der Waals surface area contributed by atoms with Crippen molar-refractivity contribution in [3.8, 4) is 21.1 Å². The van der Waals surface area contributed by atoms with Crippen LogP contribution >= 0.6 is 11.3 Å². The van der Waals surface area contributed by atoms with E-state index in [2.05, 4.69) is 15.1 Å². The molecule has 1 saturated heterocycles. The number of carbonyl (C=O) groups is 1. The maximum Gasteiger partial charge on any atom is 0.353 e. The Morgan fingerprint density at radius 3 is 2.73 bits per heavy atom. The van der Waals surface area contributed by atoms with Gasteiger partial charge in [0.1, 0.15) is 16.4 Å². The molecule has 0 amide bonds. The smallest absolute Gasteiger partial charge is 0.353 e. The number of carboxylic acids is 1. The Kier molecular flexibility index (Phi) is 4.79. The van der Waals surface area contributed by atoms with Gasteiger partial charge in [-0.25, -0.2) is 9.78 Å². The minimum atomic E-state index is -1.02. The molecule has 1 fully saturated rings. The Morgan fingerprint density at radius 2 is 2.04 bits per heavy atom. The average Bonchev–Trinajstić information content (AvgIpc) is 3.30. The van der Waals surface area contributed by atoms with Crippen LogP contribution in [0.1, 0.15) is 16.2 Å². The van der Waals surface area contributed by atoms with E-state index in [0.29, 0.717) is 12.2 Å². The molecule has 0 unspecified atom stereocenters. The number of aromatic carboxylic acids is 1. The maximum atomic E-state index is 11.2. The van der Waals surface area contributed by atoms with Crippen molar-refractivity contribution in [2.24, 2.45) is 0 Å². The number of morpholine rings is 1. The van der Waals surface area contributed by atoms with E-state index in [4.69, 9.17) is 14.8 Å². The van der Waals surface area contributed by atoms with Crippen LogP contribution in [0, 0.1) is 0 Å². The number of ether oxygens (including phenoxy) is 1. The van der Waals surface area contributed by atoms with Gasteiger partial charge in [0.05, 0.1) is 23.8 Å². The third-order valence-corrected chi connectivity index (χ3v) is 5.41. The van der Waals surface area contributed by atoms with Gasteiger partial charge in [0.25, 0.3) is 0 Å². The normalized spacial score (nSPS) is 15.2. The number of benzene rings is 1. The number of rotatable bonds is 5. The molecule has 2 N–H and O–H groups in total. The largest absolute Gasteiger partial charge is 0.477 e. The van der Waals surface area contributed by atoms with Gasteiger partial charge in [0.2, 0.25) is 0 Å². The second-order valence-corrected chi connectivity index (χ2v) is 7.02. The summed E-state index contributed by atoms with van der Waals surface area (Å²) in [6.07, 6.45) is 0. The lowest BCUT2D eigenvalue weighted by molar-refractivity contribution is 0.0338. The molecule has 1 aliphatic heterocycles. The number of aromatic nitrogens is 3. The van der Waals surface area contributed by atoms with E-state index >= 15 is 0 Å². The molecule has 3 heterocycles. The van der Waals surface area contributed by atoms with E-state index in [1.54, 1.807) is 6.07 Å². The highest BCUT2D eigenvalue weighted by Crippen LogP contribution is 2.35. The molecule has 8 heteroatoms. The summed E-state index contributed by atoms with van der Waals surface area (Å²) < 4.78 is 5.41. The van der Waals surface area contributed by atoms with Crippen LogP contribution in [0.15, 0.2) is 36.4 Å². The molecule has 1 aromatic carbocycles. The maximum absolute atomic E-state index is 11.2. The van der Waals surface area contributed by atoms with Gasteiger partial charge < -0.3 is 9.84 Å². The molecule has 0 radical (unpaired) electrons. The molecule has 7 nitrogen and oxygen atoms in total. The van der Waals surface area contributed by atoms with Crippen molar-refractivity contribution in [1.29, 1.82) is 0 Å². The minimum absolute atomic E-state index is 0.0759. The van der Waals surface area contributed by atoms with Gasteiger partial charge >= 0.3 is 5.97 Å². The van der Waals surface area contributed by atoms with Crippen LogP contribution in [0.2, 0.25) is 0 Å². The van der Waals surface area contributed by atoms with Crippen molar-refractivity contribution in [2.45, 2.75) is 6.54 Å². The van der Waals surface area contributed by atoms with E-state index in [-0.39, 0.29) is 5.69 Å². The predicted octanol–water partition coefficient (Wildman–Crippen LogP) is 2.73. The fourth-order valence-corrected chi connectivity index (χ4v) is 3.92. The summed E-state index contributed by atoms with van der Waals surface area (Å²) in [6, 6.07) is 11.5. The molecule has 3 aromatic rings. The Balaban J connectivity index is 1.71. The zero-order chi connectivity index (χ0) is 17.9. The lowest BCUT2D eigenvalue weighted by Gasteiger charge is -2.26. The number of nitrogens with one attached hydrogen (secondary N) is 1. The first-order valence-corrected chi connectivity index (χ1v) is 9.16. The van der Waals surface area contributed by atoms with Gasteiger partial charge in [0.15, 0.2) is 0 Å². The number of aromatic amines is 1. The Labute approximate surface area is 154 Å². The molecule has 26 heavy (non-hydrogen) atoms. The third kappa shape index (κ3) is 3.52. The van der Waals surface area contributed by atoms with Crippen molar-refractivity contribution < 1.29 is 14.6 Å². The van der Waals surface area contributed by atoms with Crippen LogP contribution in [-0.2, 0) is 11.3 Å². The topological polar surface area (TPSA) is 91.3 Å². The first-order chi connectivity index (χ1) is 12.7. The third-order valence-electron chi connectivity index (χ3n) is 4.24. The molecule has 0 aliphatic carbocycles. The predicted molar refractivity (Wildman–Crippen MR) is 98.2 cm³/mol. The van der Waals surface area contributed by atoms with Crippen molar-refractivity contribution in [2.75, 3.05) is 26.3 Å². The molecule has 1 aliphatic rings. The van der Waals surface area contributed by atoms with Crippen LogP contribution in [0.5, 0.6) is 0 Å². The second-order valence-electron chi connectivity index (χ2n) is 6.02. The number of thiazole rings is 1. The van der Waals surface area contributed by atoms with E-state index in [1.807, 2.05) is 30.3 Å². The van der Waals surface area contributed by atoms with E-state index in [0.717, 1.165) is 47.4 Å². The lowest BCUT2D eigenvalue weighted by atomic mass is 10.2. The molecule has 0 atom stereocenters. The summed E-state index contributed by atoms with van der Waals surface area (Å²) in [5, 5.41) is 16.8. The van der Waals surface area contributed by atoms with Crippen LogP contribution in [0.4, 0.5) is 0 Å². The second kappa shape index (κ2) is 7.36. The van der Waals surface area contributed by atoms with Crippen molar-refractivity contribution in [1.82, 2.24) is 20.1 Å². The van der Waals surface area contributed by atoms with E-state index < -0.39 is 5.97 Å². The monoisotopic (exact) mass is 370 g/mol. The zero-order valence-corrected chi connectivity index (χ0v) is 14.8. The van der Waals surface area contributed by atoms with Gasteiger partial charge in [0, 0.05) is 25.2 Å². The SMILES string of the molecule is O=C(O)c1cc(-c2sc(-c3ccccc3)nc2CN2CCOCC2)n[nH]1. The Bertz CT molecular complexity index is 900. The summed E-state index contributed by atoms with van der Waals surface area (Å²) in [5.41, 5.74) is 2.65. The van der Waals surface area contributed by atoms with Gasteiger partial charge in [-0.15, -0.1) is 11.3 Å². The molecule has 134 valence electrons. The molecule has 0 spiro atoms. The number of nitrogens with zero attached hydrogens (tertiary/aromatic N) is 3. The van der Waals surface area contributed by atoms with Crippen LogP contribution in [0.3, 0.4) is 0 Å². The molecule has 0 saturated carbocycles. The molecular formula is C18H18N4O3S. The average molecular weight is 370 g/mol. The fraction of sp³-hybridized carbons (Fsp3) is 0.278. The Morgan fingerprint density at radius 1 is 1.27 bits per heavy atom. The summed E-state index contributed by atoms with van der Waals surface area (Å²) >= 11 is 1.53. The Hall–Kier alpha value is -2.55. The summed E-state index contributed by atoms with van der Waals surface area (Å²) in [6.45, 7) is 3.85. The molecule has 0 bridgehead atoms. The number of hydrogen-bond donors (Lipinski definition) is 2. The van der Waals surface area contributed by atoms with E-state index in [9.17, 15) is 4.79 Å². The summed E-state index contributed by atoms with van der Waals surface area (Å²) in [7, 11) is 0. The van der Waals surface area contributed by atoms with Crippen molar-refractivity contribution >= 4 is 17.3 Å². The highest BCUT2D eigenvalue weighted by Gasteiger charge is 2.21. The van der Waals surface area contributed by atoms with Gasteiger partial charge in [-0.3, -0.25) is 10.00 Å². The standard InChI is InChI=1S/C18H18N4O3S/c23-18(24)14-10-13(20-21-14)16-15(11-22-6-8-25-9-7-22)19-17(26-16)12-4-2-1-3-5-12/h1-5,10H,6-9,11H2,(H,20,21)(H,23,24). The highest BCUT2D eigenvalue weighted by molar-refractivity contribution is 7.18. The quantitative estimate of drug-likeness (QED) is 0.718. The minimum Gasteiger partial charge on any atom is -0.477 e. The van der Waals surface area contributed by atoms with E-state index in [1.165, 1.54) is 11.3 Å². The first kappa shape index (κ1) is 16.9. The summed E-state index contributed by atoms with van der Waals surface area (Å²) in [5.74, 6) is -1.02. The van der Waals surface area contributed by atoms with Gasteiger partial charge in [-0.05, 0) is 6.07 Å². The molecular weight excluding hydrogens is 352 g/mol. The first-order valence-electron chi connectivity index (χ1n) is 8.35. The molecule has 4 rings (SSSR count). The van der Waals surface area contributed by atoms with Gasteiger partial charge in [-0.2, -0.15) is 5.10 Å². The number of H-pyrrole nitrogens is 1. The zero-order valence-electron chi connectivity index (χ0n) is 14.0. The van der Waals surface area contributed by atoms with Gasteiger partial charge in [-0.1, -0.05) is 30.3 Å². The fourth-order valence-electron chi connectivity index (χ4n) is 2.88. The highest BCUT2D eigenvalue weighted by atomic mass is 32.1. The lowest BCUT2D eigenvalue weighted by Crippen LogP contribution is -2.35. The number of hydrogen-bond acceptors (Lipinski definition) is 6.